The number of hydrogen-bond donors (Lipinski definition) is 2. The van der Waals surface area contributed by atoms with Gasteiger partial charge in [0.2, 0.25) is 0 Å². The fourth-order valence-electron chi connectivity index (χ4n) is 2.17. The zero-order chi connectivity index (χ0) is 15.7. The topological polar surface area (TPSA) is 70.6 Å². The molecule has 1 saturated heterocycles. The normalized spacial score (nSPS) is 29.5. The number of amides is 3. The highest BCUT2D eigenvalue weighted by molar-refractivity contribution is 8.16. The van der Waals surface area contributed by atoms with Gasteiger partial charge in [0.25, 0.3) is 5.91 Å². The van der Waals surface area contributed by atoms with E-state index < -0.39 is 40.0 Å². The Morgan fingerprint density at radius 1 is 1.33 bits per heavy atom. The minimum atomic E-state index is -5.38. The van der Waals surface area contributed by atoms with Gasteiger partial charge in [0.15, 0.2) is 5.17 Å². The molecular formula is C11H13F4N3O2S. The number of rotatable bonds is 1. The Bertz CT molecular complexity index is 477. The van der Waals surface area contributed by atoms with Crippen LogP contribution in [0.1, 0.15) is 32.1 Å². The van der Waals surface area contributed by atoms with Crippen LogP contribution >= 0.6 is 11.8 Å². The third-order valence-electron chi connectivity index (χ3n) is 3.25. The Morgan fingerprint density at radius 2 is 1.95 bits per heavy atom. The van der Waals surface area contributed by atoms with Crippen LogP contribution in [0.2, 0.25) is 0 Å². The molecule has 1 aliphatic carbocycles. The van der Waals surface area contributed by atoms with Crippen molar-refractivity contribution in [1.29, 1.82) is 0 Å². The molecular weight excluding hydrogens is 314 g/mol. The Labute approximate surface area is 121 Å². The summed E-state index contributed by atoms with van der Waals surface area (Å²) in [4.78, 5) is 25.9. The predicted octanol–water partition coefficient (Wildman–Crippen LogP) is 2.48. The molecule has 2 rings (SSSR count). The quantitative estimate of drug-likeness (QED) is 0.727. The van der Waals surface area contributed by atoms with Gasteiger partial charge in [-0.2, -0.15) is 18.2 Å². The number of nitrogens with one attached hydrogen (secondary N) is 2. The highest BCUT2D eigenvalue weighted by Crippen LogP contribution is 2.46. The molecule has 1 aliphatic heterocycles. The van der Waals surface area contributed by atoms with Crippen molar-refractivity contribution in [3.8, 4) is 0 Å². The summed E-state index contributed by atoms with van der Waals surface area (Å²) in [6, 6.07) is -0.966. The molecule has 0 aromatic heterocycles. The van der Waals surface area contributed by atoms with Crippen molar-refractivity contribution in [2.75, 3.05) is 0 Å². The zero-order valence-electron chi connectivity index (χ0n) is 10.8. The molecule has 5 nitrogen and oxygen atoms in total. The van der Waals surface area contributed by atoms with Crippen LogP contribution in [0, 0.1) is 0 Å². The lowest BCUT2D eigenvalue weighted by Gasteiger charge is -2.21. The maximum absolute atomic E-state index is 13.6. The summed E-state index contributed by atoms with van der Waals surface area (Å²) in [5.41, 5.74) is 0. The first-order valence-electron chi connectivity index (χ1n) is 6.37. The minimum absolute atomic E-state index is 0.0875. The lowest BCUT2D eigenvalue weighted by atomic mass is 9.96. The first-order valence-corrected chi connectivity index (χ1v) is 7.19. The number of hydrogen-bond acceptors (Lipinski definition) is 3. The summed E-state index contributed by atoms with van der Waals surface area (Å²) < 4.78 is 51.0. The SMILES string of the molecule is O=C(N=C1NC(=O)[C@](F)(C(F)(F)F)S1)NC1CCCCC1. The van der Waals surface area contributed by atoms with Gasteiger partial charge in [0.1, 0.15) is 0 Å². The fourth-order valence-corrected chi connectivity index (χ4v) is 2.96. The van der Waals surface area contributed by atoms with Crippen molar-refractivity contribution in [2.24, 2.45) is 4.99 Å². The molecule has 0 unspecified atom stereocenters. The number of urea groups is 1. The molecule has 2 N–H and O–H groups in total. The Morgan fingerprint density at radius 3 is 2.48 bits per heavy atom. The highest BCUT2D eigenvalue weighted by Gasteiger charge is 2.67. The first kappa shape index (κ1) is 16.1. The van der Waals surface area contributed by atoms with Crippen molar-refractivity contribution in [1.82, 2.24) is 10.6 Å². The third-order valence-corrected chi connectivity index (χ3v) is 4.34. The predicted molar refractivity (Wildman–Crippen MR) is 68.5 cm³/mol. The van der Waals surface area contributed by atoms with Crippen molar-refractivity contribution in [2.45, 2.75) is 49.3 Å². The summed E-state index contributed by atoms with van der Waals surface area (Å²) >= 11 is -0.445. The molecule has 0 radical (unpaired) electrons. The van der Waals surface area contributed by atoms with Gasteiger partial charge in [-0.15, -0.1) is 0 Å². The Balaban J connectivity index is 1.99. The number of nitrogens with zero attached hydrogens (tertiary/aromatic N) is 1. The van der Waals surface area contributed by atoms with E-state index in [4.69, 9.17) is 0 Å². The van der Waals surface area contributed by atoms with Gasteiger partial charge in [0, 0.05) is 6.04 Å². The third kappa shape index (κ3) is 3.47. The molecule has 0 aromatic carbocycles. The van der Waals surface area contributed by atoms with Crippen molar-refractivity contribution in [3.63, 3.8) is 0 Å². The lowest BCUT2D eigenvalue weighted by molar-refractivity contribution is -0.195. The van der Waals surface area contributed by atoms with Crippen LogP contribution < -0.4 is 10.6 Å². The van der Waals surface area contributed by atoms with E-state index in [0.717, 1.165) is 32.1 Å². The van der Waals surface area contributed by atoms with Gasteiger partial charge in [-0.1, -0.05) is 19.3 Å². The Hall–Kier alpha value is -1.32. The van der Waals surface area contributed by atoms with E-state index in [-0.39, 0.29) is 6.04 Å². The second-order valence-corrected chi connectivity index (χ2v) is 6.00. The van der Waals surface area contributed by atoms with E-state index in [9.17, 15) is 27.2 Å². The van der Waals surface area contributed by atoms with Gasteiger partial charge in [0.05, 0.1) is 0 Å². The summed E-state index contributed by atoms with van der Waals surface area (Å²) in [5.74, 6) is -1.87. The molecule has 0 bridgehead atoms. The smallest absolute Gasteiger partial charge is 0.333 e. The van der Waals surface area contributed by atoms with Gasteiger partial charge in [-0.25, -0.2) is 9.18 Å². The highest BCUT2D eigenvalue weighted by atomic mass is 32.2. The summed E-state index contributed by atoms with van der Waals surface area (Å²) in [5, 5.41) is -0.618. The second kappa shape index (κ2) is 5.82. The Kier molecular flexibility index (Phi) is 4.45. The van der Waals surface area contributed by atoms with Crippen molar-refractivity contribution < 1.29 is 27.2 Å². The zero-order valence-corrected chi connectivity index (χ0v) is 11.6. The largest absolute Gasteiger partial charge is 0.442 e. The molecule has 1 atom stereocenters. The molecule has 1 saturated carbocycles. The molecule has 2 fully saturated rings. The molecule has 0 spiro atoms. The summed E-state index contributed by atoms with van der Waals surface area (Å²) in [6.45, 7) is 0. The van der Waals surface area contributed by atoms with Crippen molar-refractivity contribution >= 4 is 28.9 Å². The maximum atomic E-state index is 13.6. The summed E-state index contributed by atoms with van der Waals surface area (Å²) in [7, 11) is 0. The number of aliphatic imine (C=N–C) groups is 1. The molecule has 0 aromatic rings. The van der Waals surface area contributed by atoms with Crippen LogP contribution in [0.3, 0.4) is 0 Å². The second-order valence-electron chi connectivity index (χ2n) is 4.85. The van der Waals surface area contributed by atoms with Crippen LogP contribution in [0.5, 0.6) is 0 Å². The van der Waals surface area contributed by atoms with E-state index in [1.54, 1.807) is 5.32 Å². The maximum Gasteiger partial charge on any atom is 0.442 e. The minimum Gasteiger partial charge on any atom is -0.333 e. The molecule has 21 heavy (non-hydrogen) atoms. The van der Waals surface area contributed by atoms with Crippen LogP contribution in [0.25, 0.3) is 0 Å². The first-order chi connectivity index (χ1) is 9.72. The standard InChI is InChI=1S/C11H13F4N3O2S/c12-10(11(13,14)15)7(19)17-9(21-10)18-8(20)16-6-4-2-1-3-5-6/h6H,1-5H2,(H2,16,17,18,19,20)/t10-/m1/s1. The van der Waals surface area contributed by atoms with E-state index >= 15 is 0 Å². The molecule has 2 aliphatic rings. The fraction of sp³-hybridized carbons (Fsp3) is 0.727. The number of carbonyl (C=O) groups is 2. The van der Waals surface area contributed by atoms with E-state index in [2.05, 4.69) is 10.3 Å². The van der Waals surface area contributed by atoms with E-state index in [0.29, 0.717) is 0 Å². The molecule has 118 valence electrons. The average Bonchev–Trinajstić information content (AvgIpc) is 2.66. The molecule has 1 heterocycles. The monoisotopic (exact) mass is 327 g/mol. The van der Waals surface area contributed by atoms with Crippen LogP contribution in [-0.2, 0) is 4.79 Å². The van der Waals surface area contributed by atoms with Gasteiger partial charge in [-0.3, -0.25) is 4.79 Å². The van der Waals surface area contributed by atoms with Gasteiger partial charge >= 0.3 is 17.2 Å². The van der Waals surface area contributed by atoms with Gasteiger partial charge in [-0.05, 0) is 24.6 Å². The molecule has 10 heteroatoms. The average molecular weight is 327 g/mol. The van der Waals surface area contributed by atoms with Crippen LogP contribution in [0.15, 0.2) is 4.99 Å². The lowest BCUT2D eigenvalue weighted by Crippen LogP contribution is -2.45. The van der Waals surface area contributed by atoms with Gasteiger partial charge < -0.3 is 10.6 Å². The van der Waals surface area contributed by atoms with E-state index in [1.807, 2.05) is 0 Å². The number of alkyl halides is 4. The summed E-state index contributed by atoms with van der Waals surface area (Å²) in [6.07, 6.45) is -0.859. The number of amidine groups is 1. The number of halogens is 4. The van der Waals surface area contributed by atoms with E-state index in [1.165, 1.54) is 0 Å². The van der Waals surface area contributed by atoms with Crippen LogP contribution in [-0.4, -0.2) is 34.3 Å². The number of carbonyl (C=O) groups excluding carboxylic acids is 2. The van der Waals surface area contributed by atoms with Crippen LogP contribution in [0.4, 0.5) is 22.4 Å². The number of thioether (sulfide) groups is 1. The molecule has 3 amide bonds. The van der Waals surface area contributed by atoms with Crippen molar-refractivity contribution in [3.05, 3.63) is 0 Å².